The number of amides is 4. The van der Waals surface area contributed by atoms with Gasteiger partial charge in [0.15, 0.2) is 11.5 Å². The minimum atomic E-state index is -0.524. The Labute approximate surface area is 167 Å². The first-order valence-corrected chi connectivity index (χ1v) is 9.10. The standard InChI is InChI=1S/C20H22N4O5/c1-12(2)21-20(27)22-15-5-3-4-13(10-15)18(25)23-24-19(26)14-6-7-16-17(11-14)29-9-8-28-16/h3-7,10-12H,8-9H2,1-2H3,(H,23,25)(H,24,26)(H2,21,22,27). The van der Waals surface area contributed by atoms with Crippen LogP contribution in [0, 0.1) is 0 Å². The van der Waals surface area contributed by atoms with Crippen LogP contribution in [0.25, 0.3) is 0 Å². The van der Waals surface area contributed by atoms with Crippen LogP contribution in [0.2, 0.25) is 0 Å². The zero-order valence-corrected chi connectivity index (χ0v) is 16.1. The maximum Gasteiger partial charge on any atom is 0.319 e. The number of rotatable bonds is 4. The number of nitrogens with one attached hydrogen (secondary N) is 4. The molecule has 1 heterocycles. The second-order valence-electron chi connectivity index (χ2n) is 6.60. The molecule has 0 spiro atoms. The lowest BCUT2D eigenvalue weighted by Gasteiger charge is -2.18. The monoisotopic (exact) mass is 398 g/mol. The van der Waals surface area contributed by atoms with Gasteiger partial charge >= 0.3 is 6.03 Å². The third-order valence-electron chi connectivity index (χ3n) is 3.90. The molecule has 0 bridgehead atoms. The summed E-state index contributed by atoms with van der Waals surface area (Å²) in [4.78, 5) is 36.4. The quantitative estimate of drug-likeness (QED) is 0.588. The third-order valence-corrected chi connectivity index (χ3v) is 3.90. The van der Waals surface area contributed by atoms with Gasteiger partial charge in [-0.2, -0.15) is 0 Å². The Morgan fingerprint density at radius 3 is 2.21 bits per heavy atom. The lowest BCUT2D eigenvalue weighted by molar-refractivity contribution is 0.0846. The first kappa shape index (κ1) is 20.0. The molecule has 3 rings (SSSR count). The van der Waals surface area contributed by atoms with Gasteiger partial charge in [0.25, 0.3) is 11.8 Å². The lowest BCUT2D eigenvalue weighted by Crippen LogP contribution is -2.41. The molecule has 1 aliphatic rings. The minimum Gasteiger partial charge on any atom is -0.486 e. The highest BCUT2D eigenvalue weighted by atomic mass is 16.6. The predicted octanol–water partition coefficient (Wildman–Crippen LogP) is 2.06. The summed E-state index contributed by atoms with van der Waals surface area (Å²) in [7, 11) is 0. The van der Waals surface area contributed by atoms with Gasteiger partial charge in [0, 0.05) is 22.9 Å². The fourth-order valence-corrected chi connectivity index (χ4v) is 2.61. The van der Waals surface area contributed by atoms with Gasteiger partial charge in [-0.15, -0.1) is 0 Å². The van der Waals surface area contributed by atoms with Gasteiger partial charge in [0.1, 0.15) is 13.2 Å². The van der Waals surface area contributed by atoms with Crippen LogP contribution in [-0.4, -0.2) is 37.1 Å². The molecule has 0 aromatic heterocycles. The molecule has 29 heavy (non-hydrogen) atoms. The molecule has 152 valence electrons. The van der Waals surface area contributed by atoms with Crippen molar-refractivity contribution in [2.45, 2.75) is 19.9 Å². The van der Waals surface area contributed by atoms with Crippen LogP contribution < -0.4 is 31.0 Å². The van der Waals surface area contributed by atoms with Crippen molar-refractivity contribution in [1.82, 2.24) is 16.2 Å². The van der Waals surface area contributed by atoms with Gasteiger partial charge in [0.05, 0.1) is 0 Å². The number of benzene rings is 2. The molecule has 4 N–H and O–H groups in total. The smallest absolute Gasteiger partial charge is 0.319 e. The molecule has 0 atom stereocenters. The van der Waals surface area contributed by atoms with Crippen LogP contribution in [0.15, 0.2) is 42.5 Å². The van der Waals surface area contributed by atoms with Crippen molar-refractivity contribution < 1.29 is 23.9 Å². The predicted molar refractivity (Wildman–Crippen MR) is 106 cm³/mol. The molecular formula is C20H22N4O5. The Bertz CT molecular complexity index is 929. The van der Waals surface area contributed by atoms with Crippen LogP contribution in [0.5, 0.6) is 11.5 Å². The highest BCUT2D eigenvalue weighted by Gasteiger charge is 2.16. The number of urea groups is 1. The zero-order chi connectivity index (χ0) is 20.8. The number of hydrogen-bond acceptors (Lipinski definition) is 5. The Kier molecular flexibility index (Phi) is 6.18. The number of hydrazine groups is 1. The number of fused-ring (bicyclic) bond motifs is 1. The van der Waals surface area contributed by atoms with E-state index in [9.17, 15) is 14.4 Å². The van der Waals surface area contributed by atoms with Gasteiger partial charge in [-0.25, -0.2) is 4.79 Å². The van der Waals surface area contributed by atoms with E-state index >= 15 is 0 Å². The fraction of sp³-hybridized carbons (Fsp3) is 0.250. The molecule has 1 aliphatic heterocycles. The van der Waals surface area contributed by atoms with E-state index in [1.807, 2.05) is 13.8 Å². The average molecular weight is 398 g/mol. The second kappa shape index (κ2) is 8.96. The summed E-state index contributed by atoms with van der Waals surface area (Å²) in [5.41, 5.74) is 5.75. The van der Waals surface area contributed by atoms with Crippen molar-refractivity contribution >= 4 is 23.5 Å². The molecule has 9 heteroatoms. The van der Waals surface area contributed by atoms with Crippen LogP contribution in [0.1, 0.15) is 34.6 Å². The first-order chi connectivity index (χ1) is 13.9. The van der Waals surface area contributed by atoms with Gasteiger partial charge in [-0.1, -0.05) is 6.07 Å². The lowest BCUT2D eigenvalue weighted by atomic mass is 10.2. The van der Waals surface area contributed by atoms with Crippen LogP contribution >= 0.6 is 0 Å². The molecule has 2 aromatic rings. The van der Waals surface area contributed by atoms with E-state index in [1.54, 1.807) is 36.4 Å². The van der Waals surface area contributed by atoms with Crippen molar-refractivity contribution in [3.8, 4) is 11.5 Å². The zero-order valence-electron chi connectivity index (χ0n) is 16.1. The normalized spacial score (nSPS) is 12.1. The SMILES string of the molecule is CC(C)NC(=O)Nc1cccc(C(=O)NNC(=O)c2ccc3c(c2)OCCO3)c1. The number of ether oxygens (including phenoxy) is 2. The summed E-state index contributed by atoms with van der Waals surface area (Å²) >= 11 is 0. The summed E-state index contributed by atoms with van der Waals surface area (Å²) in [6, 6.07) is 10.7. The van der Waals surface area contributed by atoms with Gasteiger partial charge in [0.2, 0.25) is 0 Å². The molecule has 0 fully saturated rings. The molecule has 9 nitrogen and oxygen atoms in total. The van der Waals surface area contributed by atoms with Crippen molar-refractivity contribution in [2.75, 3.05) is 18.5 Å². The Morgan fingerprint density at radius 2 is 1.52 bits per heavy atom. The highest BCUT2D eigenvalue weighted by molar-refractivity contribution is 6.00. The van der Waals surface area contributed by atoms with E-state index in [2.05, 4.69) is 21.5 Å². The van der Waals surface area contributed by atoms with E-state index in [0.29, 0.717) is 36.0 Å². The van der Waals surface area contributed by atoms with Crippen LogP contribution in [-0.2, 0) is 0 Å². The maximum atomic E-state index is 12.3. The Balaban J connectivity index is 1.58. The molecule has 0 radical (unpaired) electrons. The van der Waals surface area contributed by atoms with Gasteiger partial charge < -0.3 is 20.1 Å². The van der Waals surface area contributed by atoms with Crippen molar-refractivity contribution in [2.24, 2.45) is 0 Å². The molecule has 0 unspecified atom stereocenters. The largest absolute Gasteiger partial charge is 0.486 e. The van der Waals surface area contributed by atoms with E-state index < -0.39 is 11.8 Å². The Hall–Kier alpha value is -3.75. The Morgan fingerprint density at radius 1 is 0.862 bits per heavy atom. The topological polar surface area (TPSA) is 118 Å². The van der Waals surface area contributed by atoms with Gasteiger partial charge in [-0.3, -0.25) is 20.4 Å². The average Bonchev–Trinajstić information content (AvgIpc) is 2.71. The molecular weight excluding hydrogens is 376 g/mol. The first-order valence-electron chi connectivity index (χ1n) is 9.10. The van der Waals surface area contributed by atoms with Crippen molar-refractivity contribution in [3.05, 3.63) is 53.6 Å². The van der Waals surface area contributed by atoms with E-state index in [0.717, 1.165) is 0 Å². The number of hydrogen-bond donors (Lipinski definition) is 4. The number of anilines is 1. The second-order valence-corrected chi connectivity index (χ2v) is 6.60. The molecule has 4 amide bonds. The van der Waals surface area contributed by atoms with Crippen molar-refractivity contribution in [3.63, 3.8) is 0 Å². The van der Waals surface area contributed by atoms with E-state index in [1.165, 1.54) is 6.07 Å². The summed E-state index contributed by atoms with van der Waals surface area (Å²) in [5.74, 6) is 0.0288. The minimum absolute atomic E-state index is 0.0164. The van der Waals surface area contributed by atoms with E-state index in [4.69, 9.17) is 9.47 Å². The summed E-state index contributed by atoms with van der Waals surface area (Å²) in [5, 5.41) is 5.34. The van der Waals surface area contributed by atoms with Crippen LogP contribution in [0.4, 0.5) is 10.5 Å². The number of carbonyl (C=O) groups is 3. The summed E-state index contributed by atoms with van der Waals surface area (Å²) in [6.45, 7) is 4.55. The highest BCUT2D eigenvalue weighted by Crippen LogP contribution is 2.30. The third kappa shape index (κ3) is 5.38. The van der Waals surface area contributed by atoms with Gasteiger partial charge in [-0.05, 0) is 50.2 Å². The molecule has 0 saturated heterocycles. The van der Waals surface area contributed by atoms with Crippen LogP contribution in [0.3, 0.4) is 0 Å². The maximum absolute atomic E-state index is 12.3. The molecule has 0 aliphatic carbocycles. The van der Waals surface area contributed by atoms with Crippen molar-refractivity contribution in [1.29, 1.82) is 0 Å². The number of carbonyl (C=O) groups excluding carboxylic acids is 3. The summed E-state index contributed by atoms with van der Waals surface area (Å²) in [6.07, 6.45) is 0. The molecule has 0 saturated carbocycles. The summed E-state index contributed by atoms with van der Waals surface area (Å²) < 4.78 is 10.9. The van der Waals surface area contributed by atoms with E-state index in [-0.39, 0.29) is 17.6 Å². The fourth-order valence-electron chi connectivity index (χ4n) is 2.61. The molecule has 2 aromatic carbocycles.